The van der Waals surface area contributed by atoms with Crippen molar-refractivity contribution in [2.24, 2.45) is 5.73 Å². The number of nitrogens with two attached hydrogens (primary N) is 1. The summed E-state index contributed by atoms with van der Waals surface area (Å²) in [5.41, 5.74) is 7.10. The topological polar surface area (TPSA) is 183 Å². The van der Waals surface area contributed by atoms with Crippen LogP contribution in [0.3, 0.4) is 0 Å². The molecule has 2 fully saturated rings. The Hall–Kier alpha value is -4.04. The SMILES string of the molecule is C[C@@H](N)C(=O)ONc1ccn([C@@H]2O[C@H](COC(=O)c3ccncc3)[C@H]3OC(=O)O[C@H]32)c(=O)n1. The smallest absolute Gasteiger partial charge is 0.459 e. The Morgan fingerprint density at radius 1 is 1.21 bits per heavy atom. The predicted octanol–water partition coefficient (Wildman–Crippen LogP) is -0.486. The number of nitrogens with zero attached hydrogens (tertiary/aromatic N) is 3. The monoisotopic (exact) mass is 461 g/mol. The third-order valence-corrected chi connectivity index (χ3v) is 4.78. The van der Waals surface area contributed by atoms with Crippen LogP contribution in [0.1, 0.15) is 23.5 Å². The van der Waals surface area contributed by atoms with Gasteiger partial charge in [0.25, 0.3) is 0 Å². The third-order valence-electron chi connectivity index (χ3n) is 4.78. The van der Waals surface area contributed by atoms with Gasteiger partial charge < -0.3 is 29.5 Å². The highest BCUT2D eigenvalue weighted by Gasteiger charge is 2.55. The molecule has 2 saturated heterocycles. The van der Waals surface area contributed by atoms with Crippen molar-refractivity contribution < 1.29 is 38.2 Å². The Labute approximate surface area is 185 Å². The Morgan fingerprint density at radius 3 is 2.64 bits per heavy atom. The van der Waals surface area contributed by atoms with Gasteiger partial charge in [0.1, 0.15) is 18.8 Å². The van der Waals surface area contributed by atoms with E-state index in [1.807, 2.05) is 0 Å². The van der Waals surface area contributed by atoms with Crippen molar-refractivity contribution in [2.45, 2.75) is 37.5 Å². The number of carbonyl (C=O) groups excluding carboxylic acids is 3. The van der Waals surface area contributed by atoms with Gasteiger partial charge in [-0.2, -0.15) is 4.98 Å². The Balaban J connectivity index is 1.45. The van der Waals surface area contributed by atoms with E-state index in [2.05, 4.69) is 15.4 Å². The molecule has 0 aliphatic carbocycles. The van der Waals surface area contributed by atoms with E-state index >= 15 is 0 Å². The maximum Gasteiger partial charge on any atom is 0.509 e. The molecule has 33 heavy (non-hydrogen) atoms. The van der Waals surface area contributed by atoms with Crippen molar-refractivity contribution in [1.82, 2.24) is 14.5 Å². The van der Waals surface area contributed by atoms with E-state index < -0.39 is 54.4 Å². The highest BCUT2D eigenvalue weighted by atomic mass is 16.8. The molecule has 174 valence electrons. The Morgan fingerprint density at radius 2 is 1.94 bits per heavy atom. The third kappa shape index (κ3) is 4.75. The maximum absolute atomic E-state index is 12.5. The minimum atomic E-state index is -1.09. The molecule has 5 atom stereocenters. The Kier molecular flexibility index (Phi) is 6.19. The molecular formula is C19H19N5O9. The van der Waals surface area contributed by atoms with E-state index in [1.165, 1.54) is 43.7 Å². The number of rotatable bonds is 7. The highest BCUT2D eigenvalue weighted by Crippen LogP contribution is 2.37. The van der Waals surface area contributed by atoms with E-state index in [9.17, 15) is 19.2 Å². The summed E-state index contributed by atoms with van der Waals surface area (Å²) in [5.74, 6) is -1.42. The lowest BCUT2D eigenvalue weighted by Gasteiger charge is -2.18. The molecule has 2 aromatic heterocycles. The molecule has 0 amide bonds. The van der Waals surface area contributed by atoms with Crippen molar-refractivity contribution in [3.05, 3.63) is 52.8 Å². The van der Waals surface area contributed by atoms with Crippen LogP contribution in [0.5, 0.6) is 0 Å². The fourth-order valence-electron chi connectivity index (χ4n) is 3.17. The first kappa shape index (κ1) is 22.2. The van der Waals surface area contributed by atoms with Gasteiger partial charge in [0.05, 0.1) is 5.56 Å². The first-order valence-electron chi connectivity index (χ1n) is 9.75. The van der Waals surface area contributed by atoms with Gasteiger partial charge in [-0.25, -0.2) is 24.7 Å². The highest BCUT2D eigenvalue weighted by molar-refractivity contribution is 5.89. The van der Waals surface area contributed by atoms with Crippen molar-refractivity contribution >= 4 is 23.9 Å². The van der Waals surface area contributed by atoms with Gasteiger partial charge >= 0.3 is 23.8 Å². The number of aromatic nitrogens is 3. The molecule has 14 nitrogen and oxygen atoms in total. The van der Waals surface area contributed by atoms with Gasteiger partial charge in [-0.15, -0.1) is 0 Å². The van der Waals surface area contributed by atoms with E-state index in [0.29, 0.717) is 0 Å². The van der Waals surface area contributed by atoms with Gasteiger partial charge in [0.2, 0.25) is 0 Å². The van der Waals surface area contributed by atoms with E-state index in [4.69, 9.17) is 29.5 Å². The zero-order valence-corrected chi connectivity index (χ0v) is 17.2. The van der Waals surface area contributed by atoms with Crippen LogP contribution >= 0.6 is 0 Å². The van der Waals surface area contributed by atoms with E-state index in [1.54, 1.807) is 0 Å². The fourth-order valence-corrected chi connectivity index (χ4v) is 3.17. The van der Waals surface area contributed by atoms with Crippen molar-refractivity contribution in [2.75, 3.05) is 12.1 Å². The summed E-state index contributed by atoms with van der Waals surface area (Å²) in [7, 11) is 0. The van der Waals surface area contributed by atoms with Crippen LogP contribution in [0.25, 0.3) is 0 Å². The summed E-state index contributed by atoms with van der Waals surface area (Å²) in [6.45, 7) is 1.17. The minimum absolute atomic E-state index is 0.0534. The number of anilines is 1. The van der Waals surface area contributed by atoms with Crippen LogP contribution in [0.15, 0.2) is 41.6 Å². The number of carbonyl (C=O) groups is 3. The van der Waals surface area contributed by atoms with Gasteiger partial charge in [0, 0.05) is 24.7 Å². The lowest BCUT2D eigenvalue weighted by atomic mass is 10.1. The summed E-state index contributed by atoms with van der Waals surface area (Å²) in [4.78, 5) is 60.1. The number of nitrogens with one attached hydrogen (secondary N) is 1. The molecule has 0 spiro atoms. The zero-order valence-electron chi connectivity index (χ0n) is 17.2. The van der Waals surface area contributed by atoms with Gasteiger partial charge in [0.15, 0.2) is 24.3 Å². The van der Waals surface area contributed by atoms with Crippen molar-refractivity contribution in [3.8, 4) is 0 Å². The molecule has 2 aromatic rings. The van der Waals surface area contributed by atoms with E-state index in [-0.39, 0.29) is 18.0 Å². The summed E-state index contributed by atoms with van der Waals surface area (Å²) < 4.78 is 22.4. The van der Waals surface area contributed by atoms with Crippen LogP contribution in [-0.4, -0.2) is 63.6 Å². The van der Waals surface area contributed by atoms with Crippen LogP contribution < -0.4 is 16.9 Å². The van der Waals surface area contributed by atoms with Gasteiger partial charge in [-0.3, -0.25) is 9.55 Å². The normalized spacial score (nSPS) is 24.2. The van der Waals surface area contributed by atoms with Crippen molar-refractivity contribution in [1.29, 1.82) is 0 Å². The minimum Gasteiger partial charge on any atom is -0.459 e. The molecule has 0 aromatic carbocycles. The predicted molar refractivity (Wildman–Crippen MR) is 105 cm³/mol. The molecule has 3 N–H and O–H groups in total. The van der Waals surface area contributed by atoms with Crippen LogP contribution in [0.2, 0.25) is 0 Å². The molecule has 14 heteroatoms. The molecule has 2 aliphatic rings. The van der Waals surface area contributed by atoms with Gasteiger partial charge in [-0.05, 0) is 19.1 Å². The second-order valence-corrected chi connectivity index (χ2v) is 7.13. The average Bonchev–Trinajstić information content (AvgIpc) is 3.34. The fraction of sp³-hybridized carbons (Fsp3) is 0.368. The van der Waals surface area contributed by atoms with E-state index in [0.717, 1.165) is 4.57 Å². The van der Waals surface area contributed by atoms with Gasteiger partial charge in [-0.1, -0.05) is 0 Å². The zero-order chi connectivity index (χ0) is 23.5. The van der Waals surface area contributed by atoms with Crippen LogP contribution in [-0.2, 0) is 28.6 Å². The number of ether oxygens (including phenoxy) is 4. The summed E-state index contributed by atoms with van der Waals surface area (Å²) in [6.07, 6.45) is -0.628. The molecule has 0 radical (unpaired) electrons. The Bertz CT molecular complexity index is 1110. The molecule has 4 heterocycles. The maximum atomic E-state index is 12.5. The quantitative estimate of drug-likeness (QED) is 0.306. The van der Waals surface area contributed by atoms with Crippen LogP contribution in [0.4, 0.5) is 10.6 Å². The molecule has 2 aliphatic heterocycles. The lowest BCUT2D eigenvalue weighted by molar-refractivity contribution is -0.141. The molecule has 4 rings (SSSR count). The standard InChI is InChI=1S/C19H19N5O9/c1-9(20)16(25)33-23-12-4-7-24(18(27)22-12)15-14-13(31-19(28)32-14)11(30-15)8-29-17(26)10-2-5-21-6-3-10/h2-7,9,11,13-15H,8,20H2,1H3,(H,22,23,27)/t9-,11-,13-,14-,15-/m1/s1. The lowest BCUT2D eigenvalue weighted by Crippen LogP contribution is -2.35. The summed E-state index contributed by atoms with van der Waals surface area (Å²) in [6, 6.07) is 3.43. The first-order chi connectivity index (χ1) is 15.8. The molecule has 0 saturated carbocycles. The number of hydrogen-bond donors (Lipinski definition) is 2. The second kappa shape index (κ2) is 9.22. The molecule has 0 unspecified atom stereocenters. The first-order valence-corrected chi connectivity index (χ1v) is 9.75. The number of hydrogen-bond acceptors (Lipinski definition) is 13. The number of esters is 1. The molecule has 0 bridgehead atoms. The number of fused-ring (bicyclic) bond motifs is 1. The van der Waals surface area contributed by atoms with Crippen LogP contribution in [0, 0.1) is 0 Å². The largest absolute Gasteiger partial charge is 0.509 e. The summed E-state index contributed by atoms with van der Waals surface area (Å²) in [5, 5.41) is 0. The van der Waals surface area contributed by atoms with Crippen molar-refractivity contribution in [3.63, 3.8) is 0 Å². The number of pyridine rings is 1. The average molecular weight is 461 g/mol. The summed E-state index contributed by atoms with van der Waals surface area (Å²) >= 11 is 0. The molecular weight excluding hydrogens is 442 g/mol. The second-order valence-electron chi connectivity index (χ2n) is 7.13.